The van der Waals surface area contributed by atoms with Gasteiger partial charge in [0.25, 0.3) is 0 Å². The molecule has 0 amide bonds. The Morgan fingerprint density at radius 2 is 2.09 bits per heavy atom. The van der Waals surface area contributed by atoms with Crippen LogP contribution in [0.2, 0.25) is 0 Å². The molecule has 0 atom stereocenters. The summed E-state index contributed by atoms with van der Waals surface area (Å²) in [4.78, 5) is 4.32. The molecule has 6 nitrogen and oxygen atoms in total. The minimum absolute atomic E-state index is 0.772. The van der Waals surface area contributed by atoms with Gasteiger partial charge in [0.05, 0.1) is 18.4 Å². The van der Waals surface area contributed by atoms with Crippen LogP contribution in [-0.4, -0.2) is 33.2 Å². The van der Waals surface area contributed by atoms with Crippen LogP contribution in [0, 0.1) is 0 Å². The summed E-state index contributed by atoms with van der Waals surface area (Å²) in [7, 11) is 1.68. The molecule has 0 aliphatic carbocycles. The van der Waals surface area contributed by atoms with E-state index in [0.29, 0.717) is 0 Å². The first kappa shape index (κ1) is 15.2. The number of hydrogen-bond acceptors (Lipinski definition) is 6. The van der Waals surface area contributed by atoms with Crippen molar-refractivity contribution in [1.82, 2.24) is 19.9 Å². The van der Waals surface area contributed by atoms with Gasteiger partial charge in [-0.15, -0.1) is 22.0 Å². The molecule has 0 saturated heterocycles. The smallest absolute Gasteiger partial charge is 0.141 e. The van der Waals surface area contributed by atoms with Crippen molar-refractivity contribution in [2.45, 2.75) is 10.8 Å². The van der Waals surface area contributed by atoms with E-state index >= 15 is 0 Å². The van der Waals surface area contributed by atoms with E-state index < -0.39 is 0 Å². The monoisotopic (exact) mass is 325 g/mol. The van der Waals surface area contributed by atoms with Crippen LogP contribution < -0.4 is 4.74 Å². The quantitative estimate of drug-likeness (QED) is 0.515. The molecule has 0 fully saturated rings. The third kappa shape index (κ3) is 4.17. The van der Waals surface area contributed by atoms with Gasteiger partial charge in [-0.1, -0.05) is 6.07 Å². The molecule has 3 aromatic rings. The maximum Gasteiger partial charge on any atom is 0.141 e. The lowest BCUT2D eigenvalue weighted by Gasteiger charge is -2.09. The first-order valence-corrected chi connectivity index (χ1v) is 7.93. The van der Waals surface area contributed by atoms with Crippen LogP contribution in [0.25, 0.3) is 0 Å². The summed E-state index contributed by atoms with van der Waals surface area (Å²) in [5.41, 5.74) is 2.08. The number of benzene rings is 1. The highest BCUT2D eigenvalue weighted by Gasteiger charge is 2.05. The molecule has 0 N–H and O–H groups in total. The fourth-order valence-corrected chi connectivity index (χ4v) is 2.80. The topological polar surface area (TPSA) is 65.2 Å². The van der Waals surface area contributed by atoms with Gasteiger partial charge in [0, 0.05) is 17.5 Å². The Morgan fingerprint density at radius 1 is 1.22 bits per heavy atom. The molecule has 0 unspecified atom stereocenters. The van der Waals surface area contributed by atoms with Crippen molar-refractivity contribution in [3.05, 3.63) is 66.4 Å². The third-order valence-electron chi connectivity index (χ3n) is 3.06. The molecular weight excluding hydrogens is 310 g/mol. The summed E-state index contributed by atoms with van der Waals surface area (Å²) in [6.45, 7) is 0. The van der Waals surface area contributed by atoms with Gasteiger partial charge in [0.1, 0.15) is 18.4 Å². The Hall–Kier alpha value is -2.67. The van der Waals surface area contributed by atoms with Crippen LogP contribution in [0.1, 0.15) is 11.1 Å². The SMILES string of the molecule is COc1ccc(/C=N\n2cnnc2)cc1CSc1ccccn1. The largest absolute Gasteiger partial charge is 0.496 e. The van der Waals surface area contributed by atoms with Crippen LogP contribution in [0.3, 0.4) is 0 Å². The van der Waals surface area contributed by atoms with E-state index in [9.17, 15) is 0 Å². The van der Waals surface area contributed by atoms with Gasteiger partial charge in [-0.2, -0.15) is 5.10 Å². The molecule has 0 aliphatic heterocycles. The molecule has 1 aromatic carbocycles. The van der Waals surface area contributed by atoms with Crippen molar-refractivity contribution < 1.29 is 4.74 Å². The minimum atomic E-state index is 0.772. The predicted molar refractivity (Wildman–Crippen MR) is 89.8 cm³/mol. The van der Waals surface area contributed by atoms with E-state index in [1.165, 1.54) is 12.7 Å². The molecule has 3 rings (SSSR count). The molecule has 0 spiro atoms. The fraction of sp³-hybridized carbons (Fsp3) is 0.125. The van der Waals surface area contributed by atoms with E-state index in [2.05, 4.69) is 26.3 Å². The predicted octanol–water partition coefficient (Wildman–Crippen LogP) is 2.86. The highest BCUT2D eigenvalue weighted by Crippen LogP contribution is 2.27. The Morgan fingerprint density at radius 3 is 2.83 bits per heavy atom. The van der Waals surface area contributed by atoms with Gasteiger partial charge in [-0.25, -0.2) is 9.66 Å². The number of hydrogen-bond donors (Lipinski definition) is 0. The van der Waals surface area contributed by atoms with E-state index in [4.69, 9.17) is 4.74 Å². The second-order valence-electron chi connectivity index (χ2n) is 4.61. The third-order valence-corrected chi connectivity index (χ3v) is 4.06. The van der Waals surface area contributed by atoms with Crippen molar-refractivity contribution in [3.63, 3.8) is 0 Å². The first-order chi connectivity index (χ1) is 11.3. The van der Waals surface area contributed by atoms with Crippen LogP contribution in [0.4, 0.5) is 0 Å². The zero-order valence-corrected chi connectivity index (χ0v) is 13.3. The maximum absolute atomic E-state index is 5.44. The maximum atomic E-state index is 5.44. The van der Waals surface area contributed by atoms with Crippen molar-refractivity contribution in [2.24, 2.45) is 5.10 Å². The van der Waals surface area contributed by atoms with Crippen LogP contribution in [0.5, 0.6) is 5.75 Å². The van der Waals surface area contributed by atoms with E-state index in [1.807, 2.05) is 30.3 Å². The first-order valence-electron chi connectivity index (χ1n) is 6.95. The van der Waals surface area contributed by atoms with Gasteiger partial charge in [0.2, 0.25) is 0 Å². The Labute approximate surface area is 138 Å². The summed E-state index contributed by atoms with van der Waals surface area (Å²) in [6, 6.07) is 11.8. The van der Waals surface area contributed by atoms with Crippen molar-refractivity contribution in [2.75, 3.05) is 7.11 Å². The lowest BCUT2D eigenvalue weighted by atomic mass is 10.1. The highest BCUT2D eigenvalue weighted by atomic mass is 32.2. The van der Waals surface area contributed by atoms with E-state index in [-0.39, 0.29) is 0 Å². The number of thioether (sulfide) groups is 1. The number of aromatic nitrogens is 4. The minimum Gasteiger partial charge on any atom is -0.496 e. The molecule has 2 heterocycles. The summed E-state index contributed by atoms with van der Waals surface area (Å²) >= 11 is 1.67. The molecule has 7 heteroatoms. The number of nitrogens with zero attached hydrogens (tertiary/aromatic N) is 5. The molecule has 0 bridgehead atoms. The molecule has 0 aliphatic rings. The average molecular weight is 325 g/mol. The Balaban J connectivity index is 1.76. The lowest BCUT2D eigenvalue weighted by Crippen LogP contribution is -1.94. The normalized spacial score (nSPS) is 11.0. The summed E-state index contributed by atoms with van der Waals surface area (Å²) in [5.74, 6) is 1.63. The zero-order valence-electron chi connectivity index (χ0n) is 12.5. The van der Waals surface area contributed by atoms with Crippen molar-refractivity contribution in [1.29, 1.82) is 0 Å². The fourth-order valence-electron chi connectivity index (χ4n) is 1.96. The molecular formula is C16H15N5OS. The van der Waals surface area contributed by atoms with E-state index in [1.54, 1.807) is 36.0 Å². The second kappa shape index (κ2) is 7.55. The summed E-state index contributed by atoms with van der Waals surface area (Å²) in [6.07, 6.45) is 6.63. The van der Waals surface area contributed by atoms with Gasteiger partial charge >= 0.3 is 0 Å². The molecule has 23 heavy (non-hydrogen) atoms. The molecule has 116 valence electrons. The Kier molecular flexibility index (Phi) is 5.00. The summed E-state index contributed by atoms with van der Waals surface area (Å²) in [5, 5.41) is 12.7. The number of pyridine rings is 1. The second-order valence-corrected chi connectivity index (χ2v) is 5.61. The number of rotatable bonds is 6. The van der Waals surface area contributed by atoms with Crippen molar-refractivity contribution >= 4 is 18.0 Å². The average Bonchev–Trinajstić information content (AvgIpc) is 3.12. The van der Waals surface area contributed by atoms with Gasteiger partial charge < -0.3 is 4.74 Å². The number of methoxy groups -OCH3 is 1. The van der Waals surface area contributed by atoms with Gasteiger partial charge in [0.15, 0.2) is 0 Å². The van der Waals surface area contributed by atoms with Gasteiger partial charge in [-0.05, 0) is 35.9 Å². The standard InChI is InChI=1S/C16H15N5OS/c1-22-15-6-5-13(9-20-21-11-18-19-12-21)8-14(15)10-23-16-4-2-3-7-17-16/h2-9,11-12H,10H2,1H3/b20-9-. The molecule has 0 radical (unpaired) electrons. The Bertz CT molecular complexity index is 774. The van der Waals surface area contributed by atoms with E-state index in [0.717, 1.165) is 27.7 Å². The van der Waals surface area contributed by atoms with Gasteiger partial charge in [-0.3, -0.25) is 0 Å². The molecule has 0 saturated carbocycles. The lowest BCUT2D eigenvalue weighted by molar-refractivity contribution is 0.411. The van der Waals surface area contributed by atoms with Crippen molar-refractivity contribution in [3.8, 4) is 5.75 Å². The zero-order chi connectivity index (χ0) is 15.9. The van der Waals surface area contributed by atoms with Crippen LogP contribution in [-0.2, 0) is 5.75 Å². The highest BCUT2D eigenvalue weighted by molar-refractivity contribution is 7.98. The molecule has 2 aromatic heterocycles. The summed E-state index contributed by atoms with van der Waals surface area (Å²) < 4.78 is 6.98. The van der Waals surface area contributed by atoms with Crippen LogP contribution in [0.15, 0.2) is 65.4 Å². The number of ether oxygens (including phenoxy) is 1. The van der Waals surface area contributed by atoms with Crippen LogP contribution >= 0.6 is 11.8 Å².